The fourth-order valence-electron chi connectivity index (χ4n) is 2.46. The number of halogens is 1. The molecule has 0 bridgehead atoms. The van der Waals surface area contributed by atoms with Crippen LogP contribution in [0.2, 0.25) is 0 Å². The maximum Gasteiger partial charge on any atom is 0.181 e. The lowest BCUT2D eigenvalue weighted by molar-refractivity contribution is 0.606. The second-order valence-corrected chi connectivity index (χ2v) is 6.08. The summed E-state index contributed by atoms with van der Waals surface area (Å²) in [5, 5.41) is 0.522. The third-order valence-corrected chi connectivity index (χ3v) is 4.12. The highest BCUT2D eigenvalue weighted by Gasteiger charge is 2.31. The molecule has 2 aromatic rings. The number of thiazole rings is 1. The summed E-state index contributed by atoms with van der Waals surface area (Å²) in [6.07, 6.45) is 2.20. The van der Waals surface area contributed by atoms with Gasteiger partial charge in [0.25, 0.3) is 0 Å². The average molecular weight is 250 g/mol. The Labute approximate surface area is 104 Å². The SMILES string of the molecule is CC(C)c1c(C2CC2)c(F)cc2sc(N)nc12. The lowest BCUT2D eigenvalue weighted by Crippen LogP contribution is -2.00. The summed E-state index contributed by atoms with van der Waals surface area (Å²) in [6, 6.07) is 1.60. The standard InChI is InChI=1S/C13H15FN2S/c1-6(2)10-11(7-3-4-7)8(14)5-9-12(10)16-13(15)17-9/h5-7H,3-4H2,1-2H3,(H2,15,16). The van der Waals surface area contributed by atoms with Crippen LogP contribution in [0.3, 0.4) is 0 Å². The summed E-state index contributed by atoms with van der Waals surface area (Å²) in [5.41, 5.74) is 8.60. The number of hydrogen-bond acceptors (Lipinski definition) is 3. The smallest absolute Gasteiger partial charge is 0.181 e. The van der Waals surface area contributed by atoms with Gasteiger partial charge in [-0.1, -0.05) is 25.2 Å². The van der Waals surface area contributed by atoms with Crippen molar-refractivity contribution in [3.8, 4) is 0 Å². The van der Waals surface area contributed by atoms with Gasteiger partial charge in [-0.05, 0) is 41.9 Å². The zero-order valence-electron chi connectivity index (χ0n) is 9.96. The maximum atomic E-state index is 14.2. The molecule has 1 aromatic heterocycles. The van der Waals surface area contributed by atoms with Crippen molar-refractivity contribution in [2.45, 2.75) is 38.5 Å². The number of benzene rings is 1. The van der Waals surface area contributed by atoms with E-state index in [2.05, 4.69) is 18.8 Å². The van der Waals surface area contributed by atoms with Gasteiger partial charge in [0.05, 0.1) is 10.2 Å². The lowest BCUT2D eigenvalue weighted by Gasteiger charge is -2.14. The van der Waals surface area contributed by atoms with Crippen molar-refractivity contribution in [2.24, 2.45) is 0 Å². The van der Waals surface area contributed by atoms with Gasteiger partial charge in [-0.3, -0.25) is 0 Å². The van der Waals surface area contributed by atoms with Crippen LogP contribution in [0.4, 0.5) is 9.52 Å². The van der Waals surface area contributed by atoms with E-state index >= 15 is 0 Å². The average Bonchev–Trinajstić information content (AvgIpc) is 2.99. The molecule has 1 heterocycles. The van der Waals surface area contributed by atoms with Gasteiger partial charge in [0.1, 0.15) is 5.82 Å². The number of rotatable bonds is 2. The highest BCUT2D eigenvalue weighted by Crippen LogP contribution is 2.47. The quantitative estimate of drug-likeness (QED) is 0.874. The van der Waals surface area contributed by atoms with Crippen LogP contribution in [0, 0.1) is 5.82 Å². The van der Waals surface area contributed by atoms with E-state index in [9.17, 15) is 4.39 Å². The van der Waals surface area contributed by atoms with Gasteiger partial charge >= 0.3 is 0 Å². The van der Waals surface area contributed by atoms with Gasteiger partial charge in [-0.2, -0.15) is 0 Å². The molecule has 1 aromatic carbocycles. The normalized spacial score (nSPS) is 16.0. The molecule has 90 valence electrons. The predicted octanol–water partition coefficient (Wildman–Crippen LogP) is 4.02. The molecule has 1 fully saturated rings. The van der Waals surface area contributed by atoms with Crippen molar-refractivity contribution in [1.29, 1.82) is 0 Å². The number of nitrogen functional groups attached to an aromatic ring is 1. The van der Waals surface area contributed by atoms with Crippen molar-refractivity contribution < 1.29 is 4.39 Å². The summed E-state index contributed by atoms with van der Waals surface area (Å²) in [5.74, 6) is 0.609. The van der Waals surface area contributed by atoms with Crippen molar-refractivity contribution in [2.75, 3.05) is 5.73 Å². The van der Waals surface area contributed by atoms with Gasteiger partial charge in [-0.25, -0.2) is 9.37 Å². The molecule has 0 saturated heterocycles. The Morgan fingerprint density at radius 2 is 2.18 bits per heavy atom. The predicted molar refractivity (Wildman–Crippen MR) is 70.1 cm³/mol. The van der Waals surface area contributed by atoms with Crippen molar-refractivity contribution >= 4 is 26.7 Å². The monoisotopic (exact) mass is 250 g/mol. The molecule has 0 spiro atoms. The molecule has 0 aliphatic heterocycles. The second kappa shape index (κ2) is 3.67. The lowest BCUT2D eigenvalue weighted by atomic mass is 9.93. The third kappa shape index (κ3) is 1.71. The van der Waals surface area contributed by atoms with E-state index in [1.807, 2.05) is 0 Å². The third-order valence-electron chi connectivity index (χ3n) is 3.29. The van der Waals surface area contributed by atoms with E-state index in [4.69, 9.17) is 5.73 Å². The number of hydrogen-bond donors (Lipinski definition) is 1. The van der Waals surface area contributed by atoms with Crippen LogP contribution in [-0.2, 0) is 0 Å². The zero-order valence-corrected chi connectivity index (χ0v) is 10.8. The molecule has 0 amide bonds. The number of aromatic nitrogens is 1. The fraction of sp³-hybridized carbons (Fsp3) is 0.462. The Hall–Kier alpha value is -1.16. The van der Waals surface area contributed by atoms with Crippen LogP contribution >= 0.6 is 11.3 Å². The van der Waals surface area contributed by atoms with Crippen LogP contribution in [0.5, 0.6) is 0 Å². The molecule has 0 radical (unpaired) electrons. The number of fused-ring (bicyclic) bond motifs is 1. The summed E-state index contributed by atoms with van der Waals surface area (Å²) in [6.45, 7) is 4.19. The van der Waals surface area contributed by atoms with E-state index < -0.39 is 0 Å². The summed E-state index contributed by atoms with van der Waals surface area (Å²) >= 11 is 1.37. The van der Waals surface area contributed by atoms with Crippen molar-refractivity contribution in [1.82, 2.24) is 4.98 Å². The zero-order chi connectivity index (χ0) is 12.2. The highest BCUT2D eigenvalue weighted by atomic mass is 32.1. The topological polar surface area (TPSA) is 38.9 Å². The highest BCUT2D eigenvalue weighted by molar-refractivity contribution is 7.22. The molecule has 0 unspecified atom stereocenters. The minimum Gasteiger partial charge on any atom is -0.375 e. The Bertz CT molecular complexity index is 585. The van der Waals surface area contributed by atoms with Crippen LogP contribution in [0.15, 0.2) is 6.07 Å². The largest absolute Gasteiger partial charge is 0.375 e. The molecule has 3 rings (SSSR count). The Kier molecular flexibility index (Phi) is 2.36. The van der Waals surface area contributed by atoms with E-state index in [1.165, 1.54) is 11.3 Å². The molecular weight excluding hydrogens is 235 g/mol. The van der Waals surface area contributed by atoms with Gasteiger partial charge in [0, 0.05) is 0 Å². The first kappa shape index (κ1) is 11.0. The first-order valence-corrected chi connectivity index (χ1v) is 6.78. The number of anilines is 1. The molecule has 2 N–H and O–H groups in total. The van der Waals surface area contributed by atoms with Gasteiger partial charge in [0.15, 0.2) is 5.13 Å². The first-order valence-electron chi connectivity index (χ1n) is 5.96. The molecular formula is C13H15FN2S. The molecule has 1 aliphatic rings. The maximum absolute atomic E-state index is 14.2. The van der Waals surface area contributed by atoms with Crippen LogP contribution < -0.4 is 5.73 Å². The van der Waals surface area contributed by atoms with Gasteiger partial charge < -0.3 is 5.73 Å². The van der Waals surface area contributed by atoms with Crippen LogP contribution in [0.25, 0.3) is 10.2 Å². The Balaban J connectivity index is 2.36. The molecule has 2 nitrogen and oxygen atoms in total. The van der Waals surface area contributed by atoms with Crippen molar-refractivity contribution in [3.63, 3.8) is 0 Å². The summed E-state index contributed by atoms with van der Waals surface area (Å²) in [4.78, 5) is 4.38. The van der Waals surface area contributed by atoms with E-state index in [0.717, 1.165) is 34.2 Å². The summed E-state index contributed by atoms with van der Waals surface area (Å²) in [7, 11) is 0. The number of nitrogens with zero attached hydrogens (tertiary/aromatic N) is 1. The van der Waals surface area contributed by atoms with Crippen molar-refractivity contribution in [3.05, 3.63) is 23.0 Å². The molecule has 1 saturated carbocycles. The second-order valence-electron chi connectivity index (χ2n) is 5.01. The number of nitrogens with two attached hydrogens (primary N) is 1. The molecule has 17 heavy (non-hydrogen) atoms. The minimum atomic E-state index is -0.0765. The Morgan fingerprint density at radius 3 is 2.76 bits per heavy atom. The van der Waals surface area contributed by atoms with Gasteiger partial charge in [0.2, 0.25) is 0 Å². The molecule has 0 atom stereocenters. The summed E-state index contributed by atoms with van der Waals surface area (Å²) < 4.78 is 15.0. The molecule has 4 heteroatoms. The van der Waals surface area contributed by atoms with Crippen LogP contribution in [0.1, 0.15) is 49.7 Å². The Morgan fingerprint density at radius 1 is 1.47 bits per heavy atom. The van der Waals surface area contributed by atoms with E-state index in [-0.39, 0.29) is 11.7 Å². The minimum absolute atomic E-state index is 0.0765. The fourth-order valence-corrected chi connectivity index (χ4v) is 3.24. The van der Waals surface area contributed by atoms with E-state index in [1.54, 1.807) is 6.07 Å². The van der Waals surface area contributed by atoms with Crippen LogP contribution in [-0.4, -0.2) is 4.98 Å². The molecule has 1 aliphatic carbocycles. The van der Waals surface area contributed by atoms with Gasteiger partial charge in [-0.15, -0.1) is 0 Å². The first-order chi connectivity index (χ1) is 8.08. The van der Waals surface area contributed by atoms with E-state index in [0.29, 0.717) is 11.0 Å².